The Kier molecular flexibility index (Phi) is 9.58. The molecule has 3 N–H and O–H groups in total. The van der Waals surface area contributed by atoms with Crippen LogP contribution in [0.15, 0.2) is 77.5 Å². The zero-order valence-corrected chi connectivity index (χ0v) is 23.9. The first-order chi connectivity index (χ1) is 18.3. The van der Waals surface area contributed by atoms with Crippen molar-refractivity contribution in [1.29, 1.82) is 5.26 Å². The Labute approximate surface area is 230 Å². The van der Waals surface area contributed by atoms with E-state index in [2.05, 4.69) is 82.9 Å². The number of thioether (sulfide) groups is 1. The second kappa shape index (κ2) is 12.8. The third-order valence-electron chi connectivity index (χ3n) is 6.40. The fourth-order valence-electron chi connectivity index (χ4n) is 3.90. The molecule has 196 valence electrons. The predicted octanol–water partition coefficient (Wildman–Crippen LogP) is 7.36. The van der Waals surface area contributed by atoms with Gasteiger partial charge in [-0.2, -0.15) is 5.26 Å². The molecule has 0 radical (unpaired) electrons. The highest BCUT2D eigenvalue weighted by molar-refractivity contribution is 7.98. The van der Waals surface area contributed by atoms with Gasteiger partial charge in [0.05, 0.1) is 5.69 Å². The molecular formula is C30H35N7S. The Hall–Kier alpha value is -4.22. The summed E-state index contributed by atoms with van der Waals surface area (Å²) < 4.78 is 0. The van der Waals surface area contributed by atoms with Crippen molar-refractivity contribution < 1.29 is 0 Å². The zero-order valence-electron chi connectivity index (χ0n) is 23.1. The Morgan fingerprint density at radius 1 is 1.08 bits per heavy atom. The van der Waals surface area contributed by atoms with Crippen LogP contribution in [-0.4, -0.2) is 30.3 Å². The van der Waals surface area contributed by atoms with Crippen LogP contribution in [0.2, 0.25) is 0 Å². The topological polar surface area (TPSA) is 88.9 Å². The second-order valence-electron chi connectivity index (χ2n) is 8.67. The third kappa shape index (κ3) is 6.36. The number of nitriles is 1. The number of anilines is 5. The van der Waals surface area contributed by atoms with Gasteiger partial charge in [0.25, 0.3) is 0 Å². The van der Waals surface area contributed by atoms with Crippen LogP contribution in [0.1, 0.15) is 37.6 Å². The number of hydrogen-bond donors (Lipinski definition) is 3. The van der Waals surface area contributed by atoms with Gasteiger partial charge in [-0.25, -0.2) is 9.97 Å². The zero-order chi connectivity index (χ0) is 27.8. The lowest BCUT2D eigenvalue weighted by molar-refractivity contribution is 0.995. The molecule has 38 heavy (non-hydrogen) atoms. The normalized spacial score (nSPS) is 11.8. The Bertz CT molecular complexity index is 1430. The number of benzene rings is 1. The molecule has 0 fully saturated rings. The molecule has 2 heterocycles. The van der Waals surface area contributed by atoms with Gasteiger partial charge in [-0.1, -0.05) is 30.9 Å². The fraction of sp³-hybridized carbons (Fsp3) is 0.233. The highest BCUT2D eigenvalue weighted by atomic mass is 32.2. The molecule has 1 aromatic carbocycles. The number of pyridine rings is 2. The summed E-state index contributed by atoms with van der Waals surface area (Å²) in [5.74, 6) is 1.99. The average molecular weight is 526 g/mol. The van der Waals surface area contributed by atoms with Gasteiger partial charge < -0.3 is 20.9 Å². The van der Waals surface area contributed by atoms with E-state index in [9.17, 15) is 5.26 Å². The van der Waals surface area contributed by atoms with Crippen LogP contribution in [0.25, 0.3) is 5.57 Å². The molecule has 0 amide bonds. The first-order valence-corrected chi connectivity index (χ1v) is 13.5. The summed E-state index contributed by atoms with van der Waals surface area (Å²) in [7, 11) is 3.92. The van der Waals surface area contributed by atoms with Crippen molar-refractivity contribution in [3.63, 3.8) is 0 Å². The minimum atomic E-state index is 0.341. The summed E-state index contributed by atoms with van der Waals surface area (Å²) in [5.41, 5.74) is 7.56. The molecule has 0 aliphatic rings. The van der Waals surface area contributed by atoms with Crippen molar-refractivity contribution in [2.24, 2.45) is 0 Å². The van der Waals surface area contributed by atoms with Crippen LogP contribution in [0.5, 0.6) is 0 Å². The van der Waals surface area contributed by atoms with E-state index < -0.39 is 0 Å². The Morgan fingerprint density at radius 3 is 2.47 bits per heavy atom. The predicted molar refractivity (Wildman–Crippen MR) is 162 cm³/mol. The molecule has 3 aromatic rings. The van der Waals surface area contributed by atoms with Crippen molar-refractivity contribution >= 4 is 46.2 Å². The van der Waals surface area contributed by atoms with Crippen molar-refractivity contribution in [3.05, 3.63) is 89.4 Å². The maximum atomic E-state index is 9.25. The van der Waals surface area contributed by atoms with Gasteiger partial charge >= 0.3 is 0 Å². The van der Waals surface area contributed by atoms with Crippen LogP contribution in [0.3, 0.4) is 0 Å². The molecule has 0 aliphatic heterocycles. The van der Waals surface area contributed by atoms with E-state index in [0.29, 0.717) is 17.3 Å². The van der Waals surface area contributed by atoms with Gasteiger partial charge in [-0.05, 0) is 69.4 Å². The third-order valence-corrected chi connectivity index (χ3v) is 7.17. The molecule has 2 aromatic heterocycles. The van der Waals surface area contributed by atoms with Crippen molar-refractivity contribution in [1.82, 2.24) is 15.3 Å². The number of rotatable bonds is 10. The highest BCUT2D eigenvalue weighted by Crippen LogP contribution is 2.36. The quantitative estimate of drug-likeness (QED) is 0.187. The average Bonchev–Trinajstić information content (AvgIpc) is 2.94. The summed E-state index contributed by atoms with van der Waals surface area (Å²) in [5, 5.41) is 19.4. The number of hydrogen-bond acceptors (Lipinski definition) is 8. The van der Waals surface area contributed by atoms with Crippen LogP contribution in [-0.2, 0) is 0 Å². The molecule has 7 nitrogen and oxygen atoms in total. The van der Waals surface area contributed by atoms with Gasteiger partial charge in [0, 0.05) is 47.7 Å². The summed E-state index contributed by atoms with van der Waals surface area (Å²) in [6.07, 6.45) is 6.00. The fourth-order valence-corrected chi connectivity index (χ4v) is 4.49. The molecule has 8 heteroatoms. The standard InChI is InChI=1S/C30H35N7S/c1-9-19(3)37(7)30-20(4)26(17-29(36-30)35-28-13-11-12-23(18-31)33-28)34-25-15-14-22(16-27(25)38-8)24(10-2)21(5)32-6/h9-17,32H,2H2,1,3-8H3,(H2,33,34,35,36)/b19-9?,24-21+. The van der Waals surface area contributed by atoms with Crippen LogP contribution >= 0.6 is 11.8 Å². The second-order valence-corrected chi connectivity index (χ2v) is 9.52. The van der Waals surface area contributed by atoms with Crippen molar-refractivity contribution in [3.8, 4) is 6.07 Å². The Morgan fingerprint density at radius 2 is 1.84 bits per heavy atom. The van der Waals surface area contributed by atoms with E-state index in [4.69, 9.17) is 4.98 Å². The lowest BCUT2D eigenvalue weighted by Gasteiger charge is -2.24. The van der Waals surface area contributed by atoms with Crippen molar-refractivity contribution in [2.75, 3.05) is 35.9 Å². The molecule has 0 unspecified atom stereocenters. The summed E-state index contributed by atoms with van der Waals surface area (Å²) in [6, 6.07) is 15.7. The minimum Gasteiger partial charge on any atom is -0.391 e. The number of nitrogens with one attached hydrogen (secondary N) is 3. The SMILES string of the molecule is C=C/C(=C(/C)NC)c1ccc(Nc2cc(Nc3cccc(C#N)n3)nc(N(C)C(C)=CC)c2C)c(SC)c1. The first kappa shape index (κ1) is 28.4. The van der Waals surface area contributed by atoms with Gasteiger partial charge in [0.2, 0.25) is 0 Å². The minimum absolute atomic E-state index is 0.341. The number of aromatic nitrogens is 2. The largest absolute Gasteiger partial charge is 0.391 e. The van der Waals surface area contributed by atoms with E-state index in [1.54, 1.807) is 23.9 Å². The Balaban J connectivity index is 2.10. The van der Waals surface area contributed by atoms with Gasteiger partial charge in [-0.15, -0.1) is 11.8 Å². The van der Waals surface area contributed by atoms with Gasteiger partial charge in [-0.3, -0.25) is 0 Å². The lowest BCUT2D eigenvalue weighted by Crippen LogP contribution is -2.18. The maximum Gasteiger partial charge on any atom is 0.142 e. The molecule has 0 saturated heterocycles. The van der Waals surface area contributed by atoms with E-state index in [1.165, 1.54) is 0 Å². The lowest BCUT2D eigenvalue weighted by atomic mass is 10.0. The summed E-state index contributed by atoms with van der Waals surface area (Å²) >= 11 is 1.68. The molecule has 0 aliphatic carbocycles. The smallest absolute Gasteiger partial charge is 0.142 e. The molecule has 3 rings (SSSR count). The van der Waals surface area contributed by atoms with Gasteiger partial charge in [0.15, 0.2) is 0 Å². The van der Waals surface area contributed by atoms with E-state index in [-0.39, 0.29) is 0 Å². The monoisotopic (exact) mass is 525 g/mol. The van der Waals surface area contributed by atoms with Crippen LogP contribution in [0, 0.1) is 18.3 Å². The first-order valence-electron chi connectivity index (χ1n) is 12.2. The summed E-state index contributed by atoms with van der Waals surface area (Å²) in [6.45, 7) is 12.2. The van der Waals surface area contributed by atoms with Crippen LogP contribution < -0.4 is 20.9 Å². The van der Waals surface area contributed by atoms with Gasteiger partial charge in [0.1, 0.15) is 29.2 Å². The maximum absolute atomic E-state index is 9.25. The molecule has 0 bridgehead atoms. The number of nitrogens with zero attached hydrogens (tertiary/aromatic N) is 4. The molecular weight excluding hydrogens is 490 g/mol. The molecule has 0 spiro atoms. The van der Waals surface area contributed by atoms with E-state index >= 15 is 0 Å². The molecule has 0 saturated carbocycles. The van der Waals surface area contributed by atoms with Crippen molar-refractivity contribution in [2.45, 2.75) is 32.6 Å². The van der Waals surface area contributed by atoms with E-state index in [0.717, 1.165) is 50.2 Å². The highest BCUT2D eigenvalue weighted by Gasteiger charge is 2.16. The molecule has 0 atom stereocenters. The van der Waals surface area contributed by atoms with E-state index in [1.807, 2.05) is 46.2 Å². The summed E-state index contributed by atoms with van der Waals surface area (Å²) in [4.78, 5) is 12.4. The van der Waals surface area contributed by atoms with Crippen LogP contribution in [0.4, 0.5) is 28.8 Å². The number of allylic oxidation sites excluding steroid dienone is 5.